The van der Waals surface area contributed by atoms with E-state index in [0.717, 1.165) is 27.7 Å². The van der Waals surface area contributed by atoms with Crippen molar-refractivity contribution >= 4 is 28.8 Å². The molecule has 3 aromatic rings. The molecule has 0 bridgehead atoms. The molecule has 2 aromatic carbocycles. The lowest BCUT2D eigenvalue weighted by molar-refractivity contribution is 0.158. The van der Waals surface area contributed by atoms with Gasteiger partial charge in [0.15, 0.2) is 0 Å². The van der Waals surface area contributed by atoms with Gasteiger partial charge in [-0.2, -0.15) is 0 Å². The van der Waals surface area contributed by atoms with Crippen molar-refractivity contribution in [3.8, 4) is 0 Å². The summed E-state index contributed by atoms with van der Waals surface area (Å²) >= 11 is 0. The van der Waals surface area contributed by atoms with Crippen molar-refractivity contribution in [1.29, 1.82) is 0 Å². The number of ether oxygens (including phenoxy) is 1. The molecule has 1 N–H and O–H groups in total. The zero-order valence-corrected chi connectivity index (χ0v) is 13.4. The van der Waals surface area contributed by atoms with E-state index < -0.39 is 0 Å². The molecule has 0 aliphatic carbocycles. The molecule has 2 heterocycles. The highest BCUT2D eigenvalue weighted by Gasteiger charge is 2.31. The first-order valence-corrected chi connectivity index (χ1v) is 8.09. The first kappa shape index (κ1) is 14.6. The lowest BCUT2D eigenvalue weighted by Gasteiger charge is -2.33. The van der Waals surface area contributed by atoms with Crippen LogP contribution in [0.5, 0.6) is 0 Å². The number of carbonyl (C=O) groups excluding carboxylic acids is 1. The van der Waals surface area contributed by atoms with Crippen molar-refractivity contribution in [2.75, 3.05) is 11.5 Å². The summed E-state index contributed by atoms with van der Waals surface area (Å²) in [5.41, 5.74) is 4.00. The summed E-state index contributed by atoms with van der Waals surface area (Å²) in [6, 6.07) is 15.8. The maximum atomic E-state index is 12.7. The zero-order valence-electron chi connectivity index (χ0n) is 13.4. The number of nitrogens with one attached hydrogen (secondary N) is 1. The molecule has 1 aromatic heterocycles. The Hall–Kier alpha value is -3.01. The molecule has 1 amide bonds. The summed E-state index contributed by atoms with van der Waals surface area (Å²) in [5.74, 6) is 0. The van der Waals surface area contributed by atoms with Crippen LogP contribution in [0.15, 0.2) is 60.8 Å². The number of hydrogen-bond acceptors (Lipinski definition) is 2. The highest BCUT2D eigenvalue weighted by Crippen LogP contribution is 2.39. The van der Waals surface area contributed by atoms with Gasteiger partial charge in [0.2, 0.25) is 0 Å². The second-order valence-corrected chi connectivity index (χ2v) is 5.72. The number of para-hydroxylation sites is 2. The maximum Gasteiger partial charge on any atom is 0.415 e. The Bertz CT molecular complexity index is 926. The first-order chi connectivity index (χ1) is 11.8. The van der Waals surface area contributed by atoms with E-state index in [1.807, 2.05) is 55.6 Å². The fraction of sp³-hybridized carbons (Fsp3) is 0.150. The average Bonchev–Trinajstić information content (AvgIpc) is 3.05. The molecule has 0 spiro atoms. The van der Waals surface area contributed by atoms with Crippen molar-refractivity contribution in [3.05, 3.63) is 71.9 Å². The smallest absolute Gasteiger partial charge is 0.415 e. The Kier molecular flexibility index (Phi) is 3.58. The van der Waals surface area contributed by atoms with Crippen LogP contribution in [0.25, 0.3) is 17.0 Å². The molecule has 4 rings (SSSR count). The van der Waals surface area contributed by atoms with E-state index in [9.17, 15) is 4.79 Å². The van der Waals surface area contributed by atoms with Gasteiger partial charge < -0.3 is 9.72 Å². The van der Waals surface area contributed by atoms with Gasteiger partial charge in [-0.25, -0.2) is 4.79 Å². The Morgan fingerprint density at radius 2 is 1.96 bits per heavy atom. The van der Waals surface area contributed by atoms with Crippen molar-refractivity contribution < 1.29 is 9.53 Å². The average molecular weight is 318 g/mol. The minimum atomic E-state index is -0.329. The molecule has 24 heavy (non-hydrogen) atoms. The van der Waals surface area contributed by atoms with Gasteiger partial charge in [-0.15, -0.1) is 0 Å². The number of aromatic nitrogens is 1. The number of carbonyl (C=O) groups is 1. The van der Waals surface area contributed by atoms with Crippen LogP contribution >= 0.6 is 0 Å². The van der Waals surface area contributed by atoms with Crippen molar-refractivity contribution in [1.82, 2.24) is 4.98 Å². The molecule has 0 fully saturated rings. The van der Waals surface area contributed by atoms with E-state index in [-0.39, 0.29) is 12.1 Å². The molecule has 1 aliphatic rings. The van der Waals surface area contributed by atoms with Crippen molar-refractivity contribution in [3.63, 3.8) is 0 Å². The molecule has 4 nitrogen and oxygen atoms in total. The Labute approximate surface area is 140 Å². The third-order valence-corrected chi connectivity index (χ3v) is 4.34. The number of amides is 1. The van der Waals surface area contributed by atoms with Gasteiger partial charge in [-0.3, -0.25) is 4.90 Å². The fourth-order valence-corrected chi connectivity index (χ4v) is 3.26. The third-order valence-electron chi connectivity index (χ3n) is 4.34. The number of fused-ring (bicyclic) bond motifs is 2. The minimum absolute atomic E-state index is 0.199. The highest BCUT2D eigenvalue weighted by molar-refractivity contribution is 5.96. The minimum Gasteiger partial charge on any atom is -0.449 e. The zero-order chi connectivity index (χ0) is 16.5. The molecular formula is C20H18N2O2. The summed E-state index contributed by atoms with van der Waals surface area (Å²) in [4.78, 5) is 17.7. The monoisotopic (exact) mass is 318 g/mol. The number of benzene rings is 2. The van der Waals surface area contributed by atoms with E-state index in [4.69, 9.17) is 4.74 Å². The first-order valence-electron chi connectivity index (χ1n) is 8.09. The lowest BCUT2D eigenvalue weighted by atomic mass is 9.97. The standard InChI is InChI=1S/C20H18N2O2/c1-2-24-20(23)22-18-10-6-3-7-14(18)11-12-19(22)16-13-21-17-9-5-4-8-15(16)17/h3-13,19,21H,2H2,1H3. The predicted octanol–water partition coefficient (Wildman–Crippen LogP) is 4.90. The summed E-state index contributed by atoms with van der Waals surface area (Å²) < 4.78 is 5.32. The molecule has 4 heteroatoms. The van der Waals surface area contributed by atoms with Crippen molar-refractivity contribution in [2.24, 2.45) is 0 Å². The van der Waals surface area contributed by atoms with Gasteiger partial charge in [0.1, 0.15) is 0 Å². The molecule has 1 aliphatic heterocycles. The molecule has 0 saturated heterocycles. The van der Waals surface area contributed by atoms with Crippen LogP contribution in [-0.2, 0) is 4.74 Å². The third kappa shape index (κ3) is 2.27. The van der Waals surface area contributed by atoms with Crippen LogP contribution in [0.1, 0.15) is 24.1 Å². The Morgan fingerprint density at radius 3 is 2.83 bits per heavy atom. The highest BCUT2D eigenvalue weighted by atomic mass is 16.6. The fourth-order valence-electron chi connectivity index (χ4n) is 3.26. The van der Waals surface area contributed by atoms with E-state index >= 15 is 0 Å². The van der Waals surface area contributed by atoms with E-state index in [2.05, 4.69) is 23.2 Å². The summed E-state index contributed by atoms with van der Waals surface area (Å²) in [6.45, 7) is 2.17. The predicted molar refractivity (Wildman–Crippen MR) is 96.0 cm³/mol. The molecule has 0 radical (unpaired) electrons. The summed E-state index contributed by atoms with van der Waals surface area (Å²) in [7, 11) is 0. The molecular weight excluding hydrogens is 300 g/mol. The van der Waals surface area contributed by atoms with Gasteiger partial charge in [-0.05, 0) is 24.6 Å². The molecule has 120 valence electrons. The van der Waals surface area contributed by atoms with Gasteiger partial charge in [-0.1, -0.05) is 48.6 Å². The van der Waals surface area contributed by atoms with Gasteiger partial charge in [0.05, 0.1) is 18.3 Å². The van der Waals surface area contributed by atoms with E-state index in [1.54, 1.807) is 4.90 Å². The van der Waals surface area contributed by atoms with Gasteiger partial charge in [0.25, 0.3) is 0 Å². The van der Waals surface area contributed by atoms with Crippen molar-refractivity contribution in [2.45, 2.75) is 13.0 Å². The van der Waals surface area contributed by atoms with Crippen LogP contribution in [0.2, 0.25) is 0 Å². The normalized spacial score (nSPS) is 16.2. The second kappa shape index (κ2) is 5.89. The van der Waals surface area contributed by atoms with Crippen LogP contribution in [-0.4, -0.2) is 17.7 Å². The number of H-pyrrole nitrogens is 1. The summed E-state index contributed by atoms with van der Waals surface area (Å²) in [5, 5.41) is 1.11. The van der Waals surface area contributed by atoms with Gasteiger partial charge in [0, 0.05) is 22.7 Å². The van der Waals surface area contributed by atoms with E-state index in [1.165, 1.54) is 0 Å². The van der Waals surface area contributed by atoms with E-state index in [0.29, 0.717) is 6.61 Å². The number of rotatable bonds is 2. The molecule has 1 unspecified atom stereocenters. The molecule has 0 saturated carbocycles. The lowest BCUT2D eigenvalue weighted by Crippen LogP contribution is -2.36. The Morgan fingerprint density at radius 1 is 1.17 bits per heavy atom. The quantitative estimate of drug-likeness (QED) is 0.730. The van der Waals surface area contributed by atoms with Crippen LogP contribution in [0, 0.1) is 0 Å². The topological polar surface area (TPSA) is 45.3 Å². The number of anilines is 1. The van der Waals surface area contributed by atoms with Crippen LogP contribution in [0.4, 0.5) is 10.5 Å². The SMILES string of the molecule is CCOC(=O)N1c2ccccc2C=CC1c1c[nH]c2ccccc12. The number of nitrogens with zero attached hydrogens (tertiary/aromatic N) is 1. The van der Waals surface area contributed by atoms with Gasteiger partial charge >= 0.3 is 6.09 Å². The molecule has 1 atom stereocenters. The van der Waals surface area contributed by atoms with Crippen LogP contribution < -0.4 is 4.90 Å². The van der Waals surface area contributed by atoms with Crippen LogP contribution in [0.3, 0.4) is 0 Å². The Balaban J connectivity index is 1.86. The maximum absolute atomic E-state index is 12.7. The number of aromatic amines is 1. The largest absolute Gasteiger partial charge is 0.449 e. The second-order valence-electron chi connectivity index (χ2n) is 5.72. The summed E-state index contributed by atoms with van der Waals surface area (Å²) in [6.07, 6.45) is 5.76. The number of hydrogen-bond donors (Lipinski definition) is 1.